The molecule has 148 valence electrons. The van der Waals surface area contributed by atoms with Crippen LogP contribution < -0.4 is 5.32 Å². The Labute approximate surface area is 170 Å². The number of aromatic amines is 1. The van der Waals surface area contributed by atoms with Crippen LogP contribution in [0.1, 0.15) is 61.4 Å². The second-order valence-corrected chi connectivity index (χ2v) is 8.70. The molecule has 4 rings (SSSR count). The van der Waals surface area contributed by atoms with Crippen LogP contribution in [-0.4, -0.2) is 34.9 Å². The van der Waals surface area contributed by atoms with Gasteiger partial charge in [0.1, 0.15) is 0 Å². The lowest BCUT2D eigenvalue weighted by molar-refractivity contribution is 0.102. The Morgan fingerprint density at radius 3 is 2.86 bits per heavy atom. The van der Waals surface area contributed by atoms with E-state index < -0.39 is 0 Å². The monoisotopic (exact) mass is 395 g/mol. The van der Waals surface area contributed by atoms with Crippen molar-refractivity contribution in [1.29, 1.82) is 0 Å². The van der Waals surface area contributed by atoms with Gasteiger partial charge in [0.25, 0.3) is 5.91 Å². The third kappa shape index (κ3) is 4.01. The number of rotatable bonds is 6. The first-order chi connectivity index (χ1) is 13.7. The summed E-state index contributed by atoms with van der Waals surface area (Å²) in [6, 6.07) is 8.71. The first kappa shape index (κ1) is 19.2. The molecule has 1 aliphatic rings. The highest BCUT2D eigenvalue weighted by Crippen LogP contribution is 2.35. The van der Waals surface area contributed by atoms with E-state index in [2.05, 4.69) is 47.4 Å². The molecule has 1 saturated heterocycles. The summed E-state index contributed by atoms with van der Waals surface area (Å²) in [5, 5.41) is 8.08. The Kier molecular flexibility index (Phi) is 5.83. The molecule has 2 N–H and O–H groups in total. The lowest BCUT2D eigenvalue weighted by Gasteiger charge is -2.36. The average molecular weight is 396 g/mol. The molecule has 1 atom stereocenters. The molecule has 0 radical (unpaired) electrons. The highest BCUT2D eigenvalue weighted by molar-refractivity contribution is 7.08. The van der Waals surface area contributed by atoms with E-state index in [-0.39, 0.29) is 5.91 Å². The Morgan fingerprint density at radius 2 is 2.14 bits per heavy atom. The van der Waals surface area contributed by atoms with Crippen molar-refractivity contribution >= 4 is 33.8 Å². The topological polar surface area (TPSA) is 48.1 Å². The van der Waals surface area contributed by atoms with Crippen LogP contribution in [0.4, 0.5) is 5.69 Å². The van der Waals surface area contributed by atoms with Crippen molar-refractivity contribution in [2.24, 2.45) is 0 Å². The van der Waals surface area contributed by atoms with Gasteiger partial charge in [-0.3, -0.25) is 4.79 Å². The van der Waals surface area contributed by atoms with Crippen molar-refractivity contribution in [3.05, 3.63) is 52.3 Å². The van der Waals surface area contributed by atoms with Crippen LogP contribution in [0.15, 0.2) is 41.2 Å². The lowest BCUT2D eigenvalue weighted by Crippen LogP contribution is -2.39. The third-order valence-corrected chi connectivity index (χ3v) is 6.74. The fraction of sp³-hybridized carbons (Fsp3) is 0.435. The van der Waals surface area contributed by atoms with Gasteiger partial charge in [0.05, 0.1) is 5.56 Å². The highest BCUT2D eigenvalue weighted by Gasteiger charge is 2.25. The number of amides is 1. The second kappa shape index (κ2) is 8.50. The van der Waals surface area contributed by atoms with Gasteiger partial charge in [-0.2, -0.15) is 11.3 Å². The van der Waals surface area contributed by atoms with Gasteiger partial charge >= 0.3 is 0 Å². The Balaban J connectivity index is 1.48. The van der Waals surface area contributed by atoms with Crippen LogP contribution in [0, 0.1) is 0 Å². The molecule has 1 unspecified atom stereocenters. The van der Waals surface area contributed by atoms with Crippen LogP contribution in [0.3, 0.4) is 0 Å². The van der Waals surface area contributed by atoms with Gasteiger partial charge in [-0.15, -0.1) is 0 Å². The van der Waals surface area contributed by atoms with Gasteiger partial charge in [0.2, 0.25) is 0 Å². The van der Waals surface area contributed by atoms with Crippen molar-refractivity contribution in [2.45, 2.75) is 51.5 Å². The summed E-state index contributed by atoms with van der Waals surface area (Å²) in [7, 11) is 0. The van der Waals surface area contributed by atoms with Crippen molar-refractivity contribution in [2.75, 3.05) is 18.4 Å². The molecule has 0 saturated carbocycles. The summed E-state index contributed by atoms with van der Waals surface area (Å²) < 4.78 is 0. The minimum absolute atomic E-state index is 0.0455. The number of carbonyl (C=O) groups excluding carboxylic acids is 1. The minimum Gasteiger partial charge on any atom is -0.361 e. The molecule has 0 spiro atoms. The van der Waals surface area contributed by atoms with Crippen molar-refractivity contribution in [3.63, 3.8) is 0 Å². The number of benzene rings is 1. The van der Waals surface area contributed by atoms with E-state index in [0.29, 0.717) is 17.5 Å². The van der Waals surface area contributed by atoms with Crippen molar-refractivity contribution in [1.82, 2.24) is 9.88 Å². The molecule has 0 bridgehead atoms. The van der Waals surface area contributed by atoms with Crippen molar-refractivity contribution < 1.29 is 4.79 Å². The Morgan fingerprint density at radius 1 is 1.32 bits per heavy atom. The molecular formula is C23H29N3OS. The number of nitrogens with zero attached hydrogens (tertiary/aromatic N) is 1. The van der Waals surface area contributed by atoms with Crippen LogP contribution in [0.2, 0.25) is 0 Å². The van der Waals surface area contributed by atoms with E-state index in [1.807, 2.05) is 22.9 Å². The maximum absolute atomic E-state index is 12.4. The second-order valence-electron chi connectivity index (χ2n) is 7.92. The predicted molar refractivity (Wildman–Crippen MR) is 118 cm³/mol. The summed E-state index contributed by atoms with van der Waals surface area (Å²) in [6.07, 6.45) is 7.11. The molecule has 2 aromatic heterocycles. The van der Waals surface area contributed by atoms with E-state index in [0.717, 1.165) is 11.2 Å². The first-order valence-electron chi connectivity index (χ1n) is 10.3. The maximum atomic E-state index is 12.4. The van der Waals surface area contributed by atoms with Gasteiger partial charge in [0, 0.05) is 34.2 Å². The minimum atomic E-state index is -0.0455. The number of H-pyrrole nitrogens is 1. The molecular weight excluding hydrogens is 366 g/mol. The van der Waals surface area contributed by atoms with Gasteiger partial charge in [-0.1, -0.05) is 13.3 Å². The zero-order valence-electron chi connectivity index (χ0n) is 16.7. The number of anilines is 1. The maximum Gasteiger partial charge on any atom is 0.256 e. The van der Waals surface area contributed by atoms with E-state index in [1.54, 1.807) is 0 Å². The molecule has 4 nitrogen and oxygen atoms in total. The van der Waals surface area contributed by atoms with Crippen LogP contribution in [0.5, 0.6) is 0 Å². The number of hydrogen-bond donors (Lipinski definition) is 2. The number of nitrogens with one attached hydrogen (secondary N) is 2. The van der Waals surface area contributed by atoms with Crippen LogP contribution in [0.25, 0.3) is 10.9 Å². The van der Waals surface area contributed by atoms with E-state index in [1.165, 1.54) is 61.1 Å². The number of fused-ring (bicyclic) bond motifs is 1. The van der Waals surface area contributed by atoms with Gasteiger partial charge in [-0.25, -0.2) is 0 Å². The standard InChI is InChI=1S/C23H29N3OS/c1-3-4-16(2)26-10-7-17(8-11-26)21-14-24-22-6-5-19(13-20(21)22)25-23(27)18-9-12-28-15-18/h5-6,9,12-17,24H,3-4,7-8,10-11H2,1-2H3,(H,25,27). The van der Waals surface area contributed by atoms with Crippen molar-refractivity contribution in [3.8, 4) is 0 Å². The molecule has 28 heavy (non-hydrogen) atoms. The molecule has 1 fully saturated rings. The molecule has 3 aromatic rings. The summed E-state index contributed by atoms with van der Waals surface area (Å²) >= 11 is 1.54. The van der Waals surface area contributed by atoms with Gasteiger partial charge in [-0.05, 0) is 80.4 Å². The number of carbonyl (C=O) groups is 1. The third-order valence-electron chi connectivity index (χ3n) is 6.05. The lowest BCUT2D eigenvalue weighted by atomic mass is 9.88. The smallest absolute Gasteiger partial charge is 0.256 e. The SMILES string of the molecule is CCCC(C)N1CCC(c2c[nH]c3ccc(NC(=O)c4ccsc4)cc23)CC1. The number of likely N-dealkylation sites (tertiary alicyclic amines) is 1. The number of thiophene rings is 1. The van der Waals surface area contributed by atoms with E-state index >= 15 is 0 Å². The summed E-state index contributed by atoms with van der Waals surface area (Å²) in [4.78, 5) is 18.4. The molecule has 1 amide bonds. The Bertz CT molecular complexity index is 923. The molecule has 5 heteroatoms. The fourth-order valence-corrected chi connectivity index (χ4v) is 5.04. The fourth-order valence-electron chi connectivity index (χ4n) is 4.41. The van der Waals surface area contributed by atoms with E-state index in [4.69, 9.17) is 0 Å². The van der Waals surface area contributed by atoms with Crippen LogP contribution >= 0.6 is 11.3 Å². The predicted octanol–water partition coefficient (Wildman–Crippen LogP) is 5.85. The van der Waals surface area contributed by atoms with Gasteiger partial charge in [0.15, 0.2) is 0 Å². The summed E-state index contributed by atoms with van der Waals surface area (Å²) in [5.74, 6) is 0.539. The molecule has 1 aliphatic heterocycles. The zero-order valence-corrected chi connectivity index (χ0v) is 17.5. The first-order valence-corrected chi connectivity index (χ1v) is 11.3. The molecule has 3 heterocycles. The zero-order chi connectivity index (χ0) is 19.5. The normalized spacial score (nSPS) is 17.1. The average Bonchev–Trinajstić information content (AvgIpc) is 3.38. The summed E-state index contributed by atoms with van der Waals surface area (Å²) in [5.41, 5.74) is 4.11. The quantitative estimate of drug-likeness (QED) is 0.550. The molecule has 0 aliphatic carbocycles. The molecule has 1 aromatic carbocycles. The Hall–Kier alpha value is -2.11. The van der Waals surface area contributed by atoms with Crippen LogP contribution in [-0.2, 0) is 0 Å². The van der Waals surface area contributed by atoms with E-state index in [9.17, 15) is 4.79 Å². The largest absolute Gasteiger partial charge is 0.361 e. The van der Waals surface area contributed by atoms with Gasteiger partial charge < -0.3 is 15.2 Å². The number of aromatic nitrogens is 1. The number of hydrogen-bond acceptors (Lipinski definition) is 3. The number of piperidine rings is 1. The highest BCUT2D eigenvalue weighted by atomic mass is 32.1. The summed E-state index contributed by atoms with van der Waals surface area (Å²) in [6.45, 7) is 6.97.